The lowest BCUT2D eigenvalue weighted by molar-refractivity contribution is -0.114. The van der Waals surface area contributed by atoms with Crippen LogP contribution in [0.5, 0.6) is 5.75 Å². The van der Waals surface area contributed by atoms with Gasteiger partial charge in [0.05, 0.1) is 6.10 Å². The number of carbonyl (C=O) groups is 1. The van der Waals surface area contributed by atoms with E-state index in [1.54, 1.807) is 24.3 Å². The van der Waals surface area contributed by atoms with Crippen molar-refractivity contribution in [2.75, 3.05) is 11.1 Å². The Kier molecular flexibility index (Phi) is 5.21. The molecule has 1 fully saturated rings. The van der Waals surface area contributed by atoms with E-state index < -0.39 is 11.7 Å². The second-order valence-corrected chi connectivity index (χ2v) is 7.84. The monoisotopic (exact) mass is 444 g/mol. The average Bonchev–Trinajstić information content (AvgIpc) is 3.18. The van der Waals surface area contributed by atoms with Crippen molar-refractivity contribution in [2.45, 2.75) is 25.4 Å². The van der Waals surface area contributed by atoms with E-state index in [4.69, 9.17) is 10.5 Å². The Morgan fingerprint density at radius 2 is 1.82 bits per heavy atom. The van der Waals surface area contributed by atoms with Crippen LogP contribution in [0.4, 0.5) is 15.9 Å². The van der Waals surface area contributed by atoms with E-state index in [0.29, 0.717) is 28.8 Å². The summed E-state index contributed by atoms with van der Waals surface area (Å²) in [6.07, 6.45) is 5.02. The third-order valence-electron chi connectivity index (χ3n) is 5.63. The first-order valence-corrected chi connectivity index (χ1v) is 10.5. The van der Waals surface area contributed by atoms with E-state index in [0.717, 1.165) is 35.3 Å². The molecule has 2 aromatic carbocycles. The van der Waals surface area contributed by atoms with Crippen LogP contribution in [0.15, 0.2) is 67.3 Å². The molecule has 0 atom stereocenters. The van der Waals surface area contributed by atoms with Crippen molar-refractivity contribution >= 4 is 22.9 Å². The van der Waals surface area contributed by atoms with Crippen LogP contribution in [0.1, 0.15) is 19.3 Å². The molecule has 0 saturated heterocycles. The molecular formula is C24H21FN6O2. The summed E-state index contributed by atoms with van der Waals surface area (Å²) in [6.45, 7) is 3.00. The Labute approximate surface area is 188 Å². The molecule has 0 aliphatic heterocycles. The molecule has 9 heteroatoms. The minimum atomic E-state index is -1.06. The Morgan fingerprint density at radius 3 is 2.45 bits per heavy atom. The molecule has 0 radical (unpaired) electrons. The number of nitrogens with one attached hydrogen (secondary N) is 1. The zero-order valence-corrected chi connectivity index (χ0v) is 17.7. The van der Waals surface area contributed by atoms with E-state index >= 15 is 0 Å². The highest BCUT2D eigenvalue weighted by molar-refractivity contribution is 6.02. The van der Waals surface area contributed by atoms with Gasteiger partial charge in [-0.15, -0.1) is 14.8 Å². The number of aromatic nitrogens is 4. The number of hydrogen-bond acceptors (Lipinski definition) is 6. The highest BCUT2D eigenvalue weighted by Crippen LogP contribution is 2.38. The summed E-state index contributed by atoms with van der Waals surface area (Å²) >= 11 is 0. The lowest BCUT2D eigenvalue weighted by Crippen LogP contribution is -2.24. The van der Waals surface area contributed by atoms with Gasteiger partial charge < -0.3 is 15.8 Å². The molecule has 1 aliphatic carbocycles. The Bertz CT molecular complexity index is 1340. The summed E-state index contributed by atoms with van der Waals surface area (Å²) in [4.78, 5) is 15.7. The van der Waals surface area contributed by atoms with Crippen LogP contribution in [0.3, 0.4) is 0 Å². The minimum Gasteiger partial charge on any atom is -0.490 e. The number of ether oxygens (including phenoxy) is 1. The number of fused-ring (bicyclic) bond motifs is 1. The number of nitrogen functional groups attached to an aromatic ring is 1. The predicted molar refractivity (Wildman–Crippen MR) is 123 cm³/mol. The number of nitrogens with two attached hydrogens (primary N) is 1. The second kappa shape index (κ2) is 8.34. The average molecular weight is 444 g/mol. The number of amides is 1. The van der Waals surface area contributed by atoms with Gasteiger partial charge in [0.1, 0.15) is 23.3 Å². The number of nitrogens with zero attached hydrogens (tertiary/aromatic N) is 4. The molecule has 2 aromatic heterocycles. The van der Waals surface area contributed by atoms with Crippen molar-refractivity contribution in [2.24, 2.45) is 0 Å². The lowest BCUT2D eigenvalue weighted by atomic mass is 9.96. The fourth-order valence-corrected chi connectivity index (χ4v) is 3.69. The molecule has 166 valence electrons. The van der Waals surface area contributed by atoms with Gasteiger partial charge in [0.25, 0.3) is 5.91 Å². The van der Waals surface area contributed by atoms with Crippen LogP contribution in [0, 0.1) is 0 Å². The third kappa shape index (κ3) is 4.00. The molecule has 0 bridgehead atoms. The van der Waals surface area contributed by atoms with Crippen LogP contribution in [-0.4, -0.2) is 31.8 Å². The maximum atomic E-state index is 13.0. The Morgan fingerprint density at radius 1 is 1.12 bits per heavy atom. The van der Waals surface area contributed by atoms with E-state index in [-0.39, 0.29) is 0 Å². The molecule has 4 aromatic rings. The minimum absolute atomic E-state index is 0.293. The molecular weight excluding hydrogens is 423 g/mol. The summed E-state index contributed by atoms with van der Waals surface area (Å²) in [5.74, 6) is -0.817. The molecule has 1 amide bonds. The third-order valence-corrected chi connectivity index (χ3v) is 5.63. The van der Waals surface area contributed by atoms with Crippen LogP contribution in [-0.2, 0) is 4.79 Å². The van der Waals surface area contributed by atoms with E-state index in [9.17, 15) is 9.18 Å². The Balaban J connectivity index is 1.54. The first-order valence-electron chi connectivity index (χ1n) is 10.5. The summed E-state index contributed by atoms with van der Waals surface area (Å²) in [5.41, 5.74) is 10.3. The highest BCUT2D eigenvalue weighted by atomic mass is 19.1. The molecule has 5 rings (SSSR count). The quantitative estimate of drug-likeness (QED) is 0.427. The van der Waals surface area contributed by atoms with Crippen molar-refractivity contribution in [3.63, 3.8) is 0 Å². The summed E-state index contributed by atoms with van der Waals surface area (Å²) < 4.78 is 20.4. The first kappa shape index (κ1) is 20.6. The van der Waals surface area contributed by atoms with E-state index in [1.165, 1.54) is 17.4 Å². The SMILES string of the molecule is C=C(F)C(=O)Nc1ccc(-c2nn3ncnc(N)c3c2-c2ccc(OC3CCC3)cc2)cc1. The zero-order chi connectivity index (χ0) is 22.9. The highest BCUT2D eigenvalue weighted by Gasteiger charge is 2.21. The van der Waals surface area contributed by atoms with Gasteiger partial charge in [-0.05, 0) is 49.1 Å². The number of hydrogen-bond donors (Lipinski definition) is 2. The summed E-state index contributed by atoms with van der Waals surface area (Å²) in [5, 5.41) is 11.3. The fourth-order valence-electron chi connectivity index (χ4n) is 3.69. The standard InChI is InChI=1S/C24H21FN6O2/c1-14(25)24(32)29-17-9-5-16(6-10-17)21-20(22-23(26)27-13-28-31(22)30-21)15-7-11-19(12-8-15)33-18-3-2-4-18/h5-13,18H,1-4H2,(H,29,32)(H2,26,27,28). The van der Waals surface area contributed by atoms with Gasteiger partial charge in [0, 0.05) is 16.8 Å². The largest absolute Gasteiger partial charge is 0.490 e. The molecule has 33 heavy (non-hydrogen) atoms. The lowest BCUT2D eigenvalue weighted by Gasteiger charge is -2.26. The maximum absolute atomic E-state index is 13.0. The maximum Gasteiger partial charge on any atom is 0.283 e. The number of anilines is 2. The predicted octanol–water partition coefficient (Wildman–Crippen LogP) is 4.39. The van der Waals surface area contributed by atoms with Gasteiger partial charge in [-0.3, -0.25) is 4.79 Å². The van der Waals surface area contributed by atoms with E-state index in [1.807, 2.05) is 24.3 Å². The van der Waals surface area contributed by atoms with E-state index in [2.05, 4.69) is 27.1 Å². The molecule has 0 unspecified atom stereocenters. The second-order valence-electron chi connectivity index (χ2n) is 7.84. The van der Waals surface area contributed by atoms with Crippen LogP contribution in [0.2, 0.25) is 0 Å². The zero-order valence-electron chi connectivity index (χ0n) is 17.7. The Hall–Kier alpha value is -4.27. The van der Waals surface area contributed by atoms with Crippen molar-refractivity contribution in [1.82, 2.24) is 19.8 Å². The molecule has 2 heterocycles. The van der Waals surface area contributed by atoms with Gasteiger partial charge in [-0.2, -0.15) is 0 Å². The van der Waals surface area contributed by atoms with Crippen molar-refractivity contribution in [3.8, 4) is 28.1 Å². The first-order chi connectivity index (χ1) is 16.0. The molecule has 0 spiro atoms. The van der Waals surface area contributed by atoms with Crippen molar-refractivity contribution in [3.05, 3.63) is 67.3 Å². The topological polar surface area (TPSA) is 107 Å². The van der Waals surface area contributed by atoms with Crippen molar-refractivity contribution < 1.29 is 13.9 Å². The summed E-state index contributed by atoms with van der Waals surface area (Å²) in [7, 11) is 0. The normalized spacial score (nSPS) is 13.5. The molecule has 1 saturated carbocycles. The number of halogens is 1. The molecule has 8 nitrogen and oxygen atoms in total. The summed E-state index contributed by atoms with van der Waals surface area (Å²) in [6, 6.07) is 14.7. The van der Waals surface area contributed by atoms with Crippen LogP contribution < -0.4 is 15.8 Å². The number of rotatable bonds is 6. The van der Waals surface area contributed by atoms with Gasteiger partial charge in [-0.25, -0.2) is 9.37 Å². The number of benzene rings is 2. The van der Waals surface area contributed by atoms with Gasteiger partial charge in [0.2, 0.25) is 0 Å². The fraction of sp³-hybridized carbons (Fsp3) is 0.167. The number of carbonyl (C=O) groups excluding carboxylic acids is 1. The van der Waals surface area contributed by atoms with Gasteiger partial charge >= 0.3 is 0 Å². The smallest absolute Gasteiger partial charge is 0.283 e. The van der Waals surface area contributed by atoms with Crippen LogP contribution in [0.25, 0.3) is 27.9 Å². The van der Waals surface area contributed by atoms with Crippen molar-refractivity contribution in [1.29, 1.82) is 0 Å². The molecule has 3 N–H and O–H groups in total. The van der Waals surface area contributed by atoms with Gasteiger partial charge in [0.15, 0.2) is 11.6 Å². The molecule has 1 aliphatic rings. The van der Waals surface area contributed by atoms with Crippen LogP contribution >= 0.6 is 0 Å². The van der Waals surface area contributed by atoms with Gasteiger partial charge in [-0.1, -0.05) is 30.8 Å².